The lowest BCUT2D eigenvalue weighted by Crippen LogP contribution is -2.41. The van der Waals surface area contributed by atoms with Crippen LogP contribution in [0.3, 0.4) is 0 Å². The van der Waals surface area contributed by atoms with Gasteiger partial charge < -0.3 is 60.1 Å². The van der Waals surface area contributed by atoms with Crippen molar-refractivity contribution < 1.29 is 78.1 Å². The number of hydrogen-bond donors (Lipinski definition) is 10. The zero-order valence-electron chi connectivity index (χ0n) is 86.7. The number of amides is 6. The van der Waals surface area contributed by atoms with Gasteiger partial charge >= 0.3 is 5.97 Å². The van der Waals surface area contributed by atoms with Gasteiger partial charge in [0.15, 0.2) is 14.1 Å². The van der Waals surface area contributed by atoms with Crippen molar-refractivity contribution in [2.24, 2.45) is 5.90 Å². The van der Waals surface area contributed by atoms with Crippen LogP contribution in [0.15, 0.2) is 200 Å². The topological polar surface area (TPSA) is 378 Å². The maximum Gasteiger partial charge on any atom is 0.338 e. The molecule has 0 heterocycles. The molecule has 792 valence electrons. The molecule has 0 saturated heterocycles. The van der Waals surface area contributed by atoms with E-state index in [1.54, 1.807) is 45.0 Å². The van der Waals surface area contributed by atoms with Crippen molar-refractivity contribution in [2.45, 2.75) is 248 Å². The molecule has 12 N–H and O–H groups in total. The number of carbonyl (C=O) groups is 9. The molecule has 4 aliphatic carbocycles. The number of esters is 1. The Hall–Kier alpha value is -11.0. The number of nitrogen functional groups attached to an aromatic ring is 1. The van der Waals surface area contributed by atoms with E-state index in [1.807, 2.05) is 181 Å². The van der Waals surface area contributed by atoms with Gasteiger partial charge in [-0.15, -0.1) is 23.2 Å². The molecule has 0 radical (unpaired) electrons. The summed E-state index contributed by atoms with van der Waals surface area (Å²) < 4.78 is 11.0. The SMILES string of the molecule is C.CC(C)(C)[Si](C)(C)OCCNc1ccccc1.CCCN(C(=O)CCc1ccc(C(=O)NO)c2c1CCCC2)c1ccccc1.CCCN(C(=O)CCc1ccc(C(=O)OC)c2c1CCCC2)c1ccccc1.CCCN(C(=O)CCl)c1ccccc1.CCN(CC)CC.NO.Nc1ccc(C(=O)CO)c2c1CCCC2.O=C(Cl)CCl.O=C(NO)c1ccc(CCC(=O)N(CCO)c2ccccc2)c2c1CCCC2. The molecule has 0 bridgehead atoms. The van der Waals surface area contributed by atoms with Gasteiger partial charge in [-0.25, -0.2) is 21.7 Å². The molecule has 0 aliphatic heterocycles. The highest BCUT2D eigenvalue weighted by atomic mass is 35.5. The number of ketones is 1. The average molecular weight is 2070 g/mol. The summed E-state index contributed by atoms with van der Waals surface area (Å²) in [6, 6.07) is 63.6. The first-order valence-electron chi connectivity index (χ1n) is 50.6. The maximum absolute atomic E-state index is 12.9. The van der Waals surface area contributed by atoms with Crippen molar-refractivity contribution in [3.63, 3.8) is 0 Å². The zero-order valence-corrected chi connectivity index (χ0v) is 89.9. The number of hydrogen-bond acceptors (Lipinski definition) is 20. The lowest BCUT2D eigenvalue weighted by molar-refractivity contribution is -0.119. The number of carbonyl (C=O) groups excluding carboxylic acids is 9. The number of aryl methyl sites for hydroxylation is 3. The Kier molecular flexibility index (Phi) is 60.9. The van der Waals surface area contributed by atoms with Gasteiger partial charge in [0.1, 0.15) is 12.5 Å². The van der Waals surface area contributed by atoms with E-state index in [-0.39, 0.29) is 67.7 Å². The Morgan fingerprint density at radius 1 is 0.414 bits per heavy atom. The molecule has 26 nitrogen and oxygen atoms in total. The number of halogens is 3. The van der Waals surface area contributed by atoms with Gasteiger partial charge in [-0.05, 0) is 343 Å². The molecule has 9 aromatic rings. The van der Waals surface area contributed by atoms with Crippen LogP contribution in [0, 0.1) is 0 Å². The number of anilines is 6. The normalized spacial score (nSPS) is 12.2. The van der Waals surface area contributed by atoms with Gasteiger partial charge in [-0.1, -0.05) is 179 Å². The van der Waals surface area contributed by atoms with Crippen LogP contribution in [-0.4, -0.2) is 183 Å². The van der Waals surface area contributed by atoms with Crippen LogP contribution < -0.4 is 47.5 Å². The molecule has 13 rings (SSSR count). The number of ether oxygens (including phenoxy) is 1. The van der Waals surface area contributed by atoms with Crippen molar-refractivity contribution in [3.05, 3.63) is 284 Å². The van der Waals surface area contributed by atoms with Crippen LogP contribution >= 0.6 is 34.8 Å². The molecular weight excluding hydrogens is 1910 g/mol. The summed E-state index contributed by atoms with van der Waals surface area (Å²) in [7, 11) is -0.156. The van der Waals surface area contributed by atoms with Crippen LogP contribution in [0.2, 0.25) is 18.1 Å². The first kappa shape index (κ1) is 126. The molecule has 0 atom stereocenters. The highest BCUT2D eigenvalue weighted by Gasteiger charge is 2.37. The molecule has 4 aliphatic rings. The molecular formula is C115H161Cl3N10O16Si. The highest BCUT2D eigenvalue weighted by molar-refractivity contribution is 6.74. The number of fused-ring (bicyclic) bond motifs is 4. The van der Waals surface area contributed by atoms with Crippen molar-refractivity contribution in [1.82, 2.24) is 15.9 Å². The minimum Gasteiger partial charge on any atom is -0.465 e. The lowest BCUT2D eigenvalue weighted by Gasteiger charge is -2.36. The number of nitrogens with zero attached hydrogens (tertiary/aromatic N) is 5. The summed E-state index contributed by atoms with van der Waals surface area (Å²) in [5.41, 5.74) is 29.5. The van der Waals surface area contributed by atoms with E-state index < -0.39 is 32.0 Å². The van der Waals surface area contributed by atoms with Crippen LogP contribution in [0.25, 0.3) is 0 Å². The second kappa shape index (κ2) is 69.9. The van der Waals surface area contributed by atoms with E-state index in [0.29, 0.717) is 72.4 Å². The third kappa shape index (κ3) is 41.3. The summed E-state index contributed by atoms with van der Waals surface area (Å²) in [6.45, 7) is 31.2. The number of aliphatic hydroxyl groups is 2. The predicted octanol–water partition coefficient (Wildman–Crippen LogP) is 21.9. The van der Waals surface area contributed by atoms with Gasteiger partial charge in [0.2, 0.25) is 28.9 Å². The van der Waals surface area contributed by atoms with Crippen LogP contribution in [-0.2, 0) is 104 Å². The van der Waals surface area contributed by atoms with Gasteiger partial charge in [0.25, 0.3) is 11.8 Å². The van der Waals surface area contributed by atoms with Crippen molar-refractivity contribution >= 4 is 130 Å². The predicted molar refractivity (Wildman–Crippen MR) is 593 cm³/mol. The Morgan fingerprint density at radius 2 is 0.717 bits per heavy atom. The van der Waals surface area contributed by atoms with Gasteiger partial charge in [0.05, 0.1) is 31.8 Å². The summed E-state index contributed by atoms with van der Waals surface area (Å²) in [6.07, 6.45) is 21.8. The number of alkyl halides is 2. The summed E-state index contributed by atoms with van der Waals surface area (Å²) >= 11 is 15.1. The third-order valence-electron chi connectivity index (χ3n) is 26.0. The highest BCUT2D eigenvalue weighted by Crippen LogP contribution is 2.38. The summed E-state index contributed by atoms with van der Waals surface area (Å²) in [5.74, 6) is 2.22. The van der Waals surface area contributed by atoms with Crippen molar-refractivity contribution in [1.29, 1.82) is 0 Å². The Morgan fingerprint density at radius 3 is 1.01 bits per heavy atom. The smallest absolute Gasteiger partial charge is 0.338 e. The quantitative estimate of drug-likeness (QED) is 0.00201. The van der Waals surface area contributed by atoms with E-state index in [4.69, 9.17) is 70.4 Å². The first-order chi connectivity index (χ1) is 69.4. The number of aliphatic hydroxyl groups excluding tert-OH is 2. The zero-order chi connectivity index (χ0) is 106. The molecule has 0 fully saturated rings. The average Bonchev–Trinajstić information content (AvgIpc) is 0.798. The van der Waals surface area contributed by atoms with Crippen LogP contribution in [0.5, 0.6) is 0 Å². The molecule has 0 aromatic heterocycles. The minimum atomic E-state index is -1.58. The second-order valence-electron chi connectivity index (χ2n) is 36.5. The molecule has 30 heteroatoms. The fourth-order valence-electron chi connectivity index (χ4n) is 17.6. The van der Waals surface area contributed by atoms with Crippen molar-refractivity contribution in [2.75, 3.05) is 122 Å². The third-order valence-corrected chi connectivity index (χ3v) is 31.3. The molecule has 0 saturated carbocycles. The Labute approximate surface area is 877 Å². The number of para-hydroxylation sites is 5. The van der Waals surface area contributed by atoms with E-state index in [9.17, 15) is 48.3 Å². The number of rotatable bonds is 36. The lowest BCUT2D eigenvalue weighted by atomic mass is 9.83. The van der Waals surface area contributed by atoms with Gasteiger partial charge in [0, 0.05) is 103 Å². The second-order valence-corrected chi connectivity index (χ2v) is 42.3. The standard InChI is InChI=1S/C24H29NO3.C23H28N2O3.C22H26N2O4.C14H25NOSi.C12H15NO2.C11H14ClNO.C6H15N.C2H2Cl2O.CH4.H3NO/c1-3-17-25(19-9-5-4-6-10-19)23(26)16-14-18-13-15-22(24(27)28-2)21-12-8-7-11-20(18)21;1-2-16-25(18-8-4-3-5-9-18)22(26)15-13-17-12-14-21(23(27)24-28)20-11-7-6-10-19(17)20;25-15-14-24(17-6-2-1-3-7-17)21(26)13-11-16-10-12-20(22(27)23-28)19-9-5-4-8-18(16)19;1-14(2,3)17(4,5)16-12-11-15-13-9-7-6-8-10-13;13-11-6-5-10(12(15)7-14)8-3-1-2-4-9(8)11;1-2-8-13(11(14)9-12)10-6-4-3-5-7-10;1-4-7(5-2)6-3;3-1-2(4)5;;1-2/h4-6,9-10,13,15H,3,7-8,11-12,14,16-17H2,1-2H3;3-5,8-9,12,14,28H,2,6-7,10-11,13,15-16H2,1H3,(H,24,27);1-3,6-7,10,12,25,28H,4-5,8-9,11,13-15H2,(H,23,27);6-10,15H,11-12H2,1-5H3;5-6,14H,1-4,7,13H2;3-7H,2,8-9H2,1H3;4-6H2,1-3H3;1H2;1H4;2H,1H2. The molecule has 9 aromatic carbocycles. The maximum atomic E-state index is 12.9. The van der Waals surface area contributed by atoms with Crippen LogP contribution in [0.1, 0.15) is 262 Å². The summed E-state index contributed by atoms with van der Waals surface area (Å²) in [5, 5.41) is 45.9. The number of nitrogens with two attached hydrogens (primary N) is 2. The van der Waals surface area contributed by atoms with Crippen LogP contribution in [0.4, 0.5) is 34.1 Å². The van der Waals surface area contributed by atoms with Crippen molar-refractivity contribution in [3.8, 4) is 0 Å². The van der Waals surface area contributed by atoms with Gasteiger partial charge in [-0.3, -0.25) is 48.8 Å². The number of methoxy groups -OCH3 is 1. The van der Waals surface area contributed by atoms with Gasteiger partial charge in [-0.2, -0.15) is 0 Å². The largest absolute Gasteiger partial charge is 0.465 e. The molecule has 145 heavy (non-hydrogen) atoms. The fraction of sp³-hybridized carbons (Fsp3) is 0.452. The summed E-state index contributed by atoms with van der Waals surface area (Å²) in [4.78, 5) is 117. The Balaban J connectivity index is 0.000000358. The van der Waals surface area contributed by atoms with E-state index in [1.165, 1.54) is 43.4 Å². The molecule has 0 unspecified atom stereocenters. The van der Waals surface area contributed by atoms with E-state index >= 15 is 0 Å². The minimum absolute atomic E-state index is 0. The monoisotopic (exact) mass is 2070 g/mol. The molecule has 6 amide bonds. The first-order valence-corrected chi connectivity index (χ1v) is 55.0. The Bertz CT molecular complexity index is 5030. The number of nitrogens with one attached hydrogen (secondary N) is 3. The number of Topliss-reactive ketones (excluding diaryl/α,β-unsaturated/α-hetero) is 1. The fourth-order valence-corrected chi connectivity index (χ4v) is 18.7. The number of hydroxylamine groups is 2. The van der Waals surface area contributed by atoms with E-state index in [2.05, 4.69) is 96.7 Å². The molecule has 0 spiro atoms. The van der Waals surface area contributed by atoms with E-state index in [0.717, 1.165) is 227 Å². The number of benzene rings is 9.